The van der Waals surface area contributed by atoms with Crippen LogP contribution in [0.5, 0.6) is 0 Å². The van der Waals surface area contributed by atoms with Crippen molar-refractivity contribution >= 4 is 5.91 Å². The summed E-state index contributed by atoms with van der Waals surface area (Å²) in [5.41, 5.74) is 0. The van der Waals surface area contributed by atoms with E-state index >= 15 is 0 Å². The smallest absolute Gasteiger partial charge is 0.226 e. The second-order valence-electron chi connectivity index (χ2n) is 7.89. The van der Waals surface area contributed by atoms with Crippen molar-refractivity contribution in [2.45, 2.75) is 76.4 Å². The maximum absolute atomic E-state index is 13.0. The number of hydrogen-bond donors (Lipinski definition) is 1. The summed E-state index contributed by atoms with van der Waals surface area (Å²) in [6, 6.07) is 0.339. The third kappa shape index (κ3) is 2.42. The van der Waals surface area contributed by atoms with Crippen LogP contribution in [-0.2, 0) is 4.79 Å². The van der Waals surface area contributed by atoms with Crippen molar-refractivity contribution in [3.63, 3.8) is 0 Å². The van der Waals surface area contributed by atoms with Crippen LogP contribution in [-0.4, -0.2) is 34.6 Å². The van der Waals surface area contributed by atoms with Crippen molar-refractivity contribution in [1.82, 2.24) is 4.90 Å². The van der Waals surface area contributed by atoms with Crippen LogP contribution >= 0.6 is 0 Å². The number of carbonyl (C=O) groups excluding carboxylic acids is 1. The van der Waals surface area contributed by atoms with Gasteiger partial charge in [-0.1, -0.05) is 19.3 Å². The highest BCUT2D eigenvalue weighted by Crippen LogP contribution is 2.56. The molecule has 3 saturated carbocycles. The molecule has 21 heavy (non-hydrogen) atoms. The molecule has 4 fully saturated rings. The molecule has 0 radical (unpaired) electrons. The molecule has 3 aliphatic carbocycles. The molecule has 0 aromatic rings. The van der Waals surface area contributed by atoms with Crippen molar-refractivity contribution in [3.05, 3.63) is 0 Å². The van der Waals surface area contributed by atoms with Gasteiger partial charge < -0.3 is 10.0 Å². The monoisotopic (exact) mass is 291 g/mol. The van der Waals surface area contributed by atoms with E-state index in [1.807, 2.05) is 0 Å². The first-order valence-corrected chi connectivity index (χ1v) is 9.26. The van der Waals surface area contributed by atoms with E-state index in [0.29, 0.717) is 35.6 Å². The van der Waals surface area contributed by atoms with Gasteiger partial charge in [0.1, 0.15) is 0 Å². The van der Waals surface area contributed by atoms with Crippen LogP contribution in [0.15, 0.2) is 0 Å². The average Bonchev–Trinajstić information content (AvgIpc) is 3.10. The zero-order chi connectivity index (χ0) is 14.4. The number of rotatable bonds is 2. The van der Waals surface area contributed by atoms with E-state index in [1.54, 1.807) is 0 Å². The predicted octanol–water partition coefficient (Wildman–Crippen LogP) is 2.96. The number of fused-ring (bicyclic) bond motifs is 1. The summed E-state index contributed by atoms with van der Waals surface area (Å²) in [4.78, 5) is 15.3. The molecule has 4 rings (SSSR count). The molecule has 1 amide bonds. The molecule has 5 unspecified atom stereocenters. The van der Waals surface area contributed by atoms with Crippen molar-refractivity contribution < 1.29 is 9.90 Å². The average molecular weight is 291 g/mol. The summed E-state index contributed by atoms with van der Waals surface area (Å²) in [7, 11) is 0. The number of amides is 1. The number of carbonyl (C=O) groups is 1. The lowest BCUT2D eigenvalue weighted by molar-refractivity contribution is -0.139. The molecule has 0 aromatic heterocycles. The maximum atomic E-state index is 13.0. The molecule has 118 valence electrons. The summed E-state index contributed by atoms with van der Waals surface area (Å²) >= 11 is 0. The van der Waals surface area contributed by atoms with Crippen molar-refractivity contribution in [3.8, 4) is 0 Å². The first-order chi connectivity index (χ1) is 10.3. The van der Waals surface area contributed by atoms with E-state index in [4.69, 9.17) is 0 Å². The summed E-state index contributed by atoms with van der Waals surface area (Å²) in [6.45, 7) is 0.947. The van der Waals surface area contributed by atoms with E-state index in [0.717, 1.165) is 38.6 Å². The second kappa shape index (κ2) is 5.57. The number of aliphatic hydroxyl groups is 1. The molecule has 0 aromatic carbocycles. The zero-order valence-electron chi connectivity index (χ0n) is 13.0. The molecule has 5 atom stereocenters. The minimum Gasteiger partial charge on any atom is -0.393 e. The van der Waals surface area contributed by atoms with Gasteiger partial charge in [0.25, 0.3) is 0 Å². The lowest BCUT2D eigenvalue weighted by Crippen LogP contribution is -2.50. The number of piperidine rings is 1. The Morgan fingerprint density at radius 1 is 0.810 bits per heavy atom. The van der Waals surface area contributed by atoms with Crippen LogP contribution in [0, 0.1) is 23.7 Å². The SMILES string of the molecule is O=C(C1C2CCCCC21)N1CCCCC1C1CCCC1O. The Kier molecular flexibility index (Phi) is 3.72. The number of hydrogen-bond acceptors (Lipinski definition) is 2. The standard InChI is InChI=1S/C18H29NO2/c20-16-10-5-8-14(16)15-9-3-4-11-19(15)18(21)17-12-6-1-2-7-13(12)17/h12-17,20H,1-11H2. The van der Waals surface area contributed by atoms with E-state index < -0.39 is 0 Å². The van der Waals surface area contributed by atoms with Gasteiger partial charge in [-0.2, -0.15) is 0 Å². The quantitative estimate of drug-likeness (QED) is 0.849. The van der Waals surface area contributed by atoms with Gasteiger partial charge in [0.15, 0.2) is 0 Å². The third-order valence-corrected chi connectivity index (χ3v) is 6.80. The van der Waals surface area contributed by atoms with E-state index in [9.17, 15) is 9.90 Å². The Balaban J connectivity index is 1.47. The van der Waals surface area contributed by atoms with Gasteiger partial charge in [-0.25, -0.2) is 0 Å². The molecular formula is C18H29NO2. The van der Waals surface area contributed by atoms with Gasteiger partial charge >= 0.3 is 0 Å². The Morgan fingerprint density at radius 2 is 1.48 bits per heavy atom. The van der Waals surface area contributed by atoms with Gasteiger partial charge in [0, 0.05) is 24.4 Å². The molecule has 3 nitrogen and oxygen atoms in total. The second-order valence-corrected chi connectivity index (χ2v) is 7.89. The molecule has 4 aliphatic rings. The van der Waals surface area contributed by atoms with Crippen LogP contribution in [0.1, 0.15) is 64.2 Å². The van der Waals surface area contributed by atoms with Crippen molar-refractivity contribution in [2.75, 3.05) is 6.54 Å². The first-order valence-electron chi connectivity index (χ1n) is 9.26. The fourth-order valence-electron chi connectivity index (χ4n) is 5.64. The molecular weight excluding hydrogens is 262 g/mol. The number of nitrogens with zero attached hydrogens (tertiary/aromatic N) is 1. The highest BCUT2D eigenvalue weighted by molar-refractivity contribution is 5.83. The molecule has 0 spiro atoms. The first kappa shape index (κ1) is 14.0. The summed E-state index contributed by atoms with van der Waals surface area (Å²) in [6.07, 6.45) is 11.8. The highest BCUT2D eigenvalue weighted by Gasteiger charge is 2.56. The van der Waals surface area contributed by atoms with Crippen LogP contribution in [0.4, 0.5) is 0 Å². The van der Waals surface area contributed by atoms with Gasteiger partial charge in [-0.05, 0) is 56.8 Å². The van der Waals surface area contributed by atoms with Gasteiger partial charge in [0.2, 0.25) is 5.91 Å². The van der Waals surface area contributed by atoms with E-state index in [1.165, 1.54) is 32.1 Å². The molecule has 1 heterocycles. The zero-order valence-corrected chi connectivity index (χ0v) is 13.0. The lowest BCUT2D eigenvalue weighted by Gasteiger charge is -2.40. The minimum absolute atomic E-state index is 0.162. The van der Waals surface area contributed by atoms with Gasteiger partial charge in [0.05, 0.1) is 6.10 Å². The molecule has 1 saturated heterocycles. The van der Waals surface area contributed by atoms with Crippen LogP contribution in [0.25, 0.3) is 0 Å². The van der Waals surface area contributed by atoms with Gasteiger partial charge in [-0.3, -0.25) is 4.79 Å². The van der Waals surface area contributed by atoms with Crippen LogP contribution in [0.2, 0.25) is 0 Å². The third-order valence-electron chi connectivity index (χ3n) is 6.80. The Labute approximate surface area is 128 Å². The maximum Gasteiger partial charge on any atom is 0.226 e. The van der Waals surface area contributed by atoms with Crippen LogP contribution < -0.4 is 0 Å². The normalized spacial score (nSPS) is 46.2. The minimum atomic E-state index is -0.162. The number of aliphatic hydroxyl groups excluding tert-OH is 1. The lowest BCUT2D eigenvalue weighted by atomic mass is 9.87. The summed E-state index contributed by atoms with van der Waals surface area (Å²) in [5, 5.41) is 10.3. The van der Waals surface area contributed by atoms with Gasteiger partial charge in [-0.15, -0.1) is 0 Å². The fraction of sp³-hybridized carbons (Fsp3) is 0.944. The molecule has 1 aliphatic heterocycles. The highest BCUT2D eigenvalue weighted by atomic mass is 16.3. The molecule has 1 N–H and O–H groups in total. The molecule has 3 heteroatoms. The van der Waals surface area contributed by atoms with Crippen LogP contribution in [0.3, 0.4) is 0 Å². The Hall–Kier alpha value is -0.570. The Bertz CT molecular complexity index is 398. The Morgan fingerprint density at radius 3 is 2.14 bits per heavy atom. The van der Waals surface area contributed by atoms with Crippen molar-refractivity contribution in [2.24, 2.45) is 23.7 Å². The number of likely N-dealkylation sites (tertiary alicyclic amines) is 1. The van der Waals surface area contributed by atoms with Crippen molar-refractivity contribution in [1.29, 1.82) is 0 Å². The largest absolute Gasteiger partial charge is 0.393 e. The molecule has 0 bridgehead atoms. The van der Waals surface area contributed by atoms with E-state index in [-0.39, 0.29) is 6.10 Å². The topological polar surface area (TPSA) is 40.5 Å². The summed E-state index contributed by atoms with van der Waals surface area (Å²) < 4.78 is 0. The fourth-order valence-corrected chi connectivity index (χ4v) is 5.64. The summed E-state index contributed by atoms with van der Waals surface area (Å²) in [5.74, 6) is 2.59. The predicted molar refractivity (Wildman–Crippen MR) is 81.6 cm³/mol. The van der Waals surface area contributed by atoms with E-state index in [2.05, 4.69) is 4.90 Å².